The Morgan fingerprint density at radius 1 is 1.00 bits per heavy atom. The summed E-state index contributed by atoms with van der Waals surface area (Å²) in [6.45, 7) is 1.64. The van der Waals surface area contributed by atoms with Crippen LogP contribution >= 0.6 is 34.8 Å². The molecule has 2 unspecified atom stereocenters. The van der Waals surface area contributed by atoms with Crippen molar-refractivity contribution in [1.29, 1.82) is 0 Å². The zero-order chi connectivity index (χ0) is 21.6. The maximum Gasteiger partial charge on any atom is 0.206 e. The number of alkyl halides is 1. The monoisotopic (exact) mass is 482 g/mol. The summed E-state index contributed by atoms with van der Waals surface area (Å²) in [5.41, 5.74) is 0. The molecule has 0 radical (unpaired) electrons. The smallest absolute Gasteiger partial charge is 0.206 e. The predicted octanol–water partition coefficient (Wildman–Crippen LogP) is 3.81. The molecule has 2 N–H and O–H groups in total. The maximum absolute atomic E-state index is 12.9. The number of hydrogen-bond donors (Lipinski definition) is 2. The molecule has 6 nitrogen and oxygen atoms in total. The summed E-state index contributed by atoms with van der Waals surface area (Å²) in [6.07, 6.45) is -1.02. The minimum absolute atomic E-state index is 0.0177. The van der Waals surface area contributed by atoms with Gasteiger partial charge in [0.15, 0.2) is 5.75 Å². The zero-order valence-electron chi connectivity index (χ0n) is 15.5. The summed E-state index contributed by atoms with van der Waals surface area (Å²) in [4.78, 5) is -0.0567. The minimum Gasteiger partial charge on any atom is -0.491 e. The largest absolute Gasteiger partial charge is 0.491 e. The van der Waals surface area contributed by atoms with E-state index in [1.165, 1.54) is 36.4 Å². The van der Waals surface area contributed by atoms with Gasteiger partial charge in [-0.2, -0.15) is 0 Å². The molecular formula is C19H21Cl3O6S. The van der Waals surface area contributed by atoms with Crippen LogP contribution in [0.1, 0.15) is 6.92 Å². The third kappa shape index (κ3) is 6.38. The predicted molar refractivity (Wildman–Crippen MR) is 112 cm³/mol. The number of ether oxygens (including phenoxy) is 2. The zero-order valence-corrected chi connectivity index (χ0v) is 18.6. The molecule has 2 aromatic carbocycles. The first kappa shape index (κ1) is 24.1. The van der Waals surface area contributed by atoms with Gasteiger partial charge in [-0.15, -0.1) is 11.6 Å². The third-order valence-corrected chi connectivity index (χ3v) is 6.68. The van der Waals surface area contributed by atoms with Crippen molar-refractivity contribution in [2.45, 2.75) is 22.8 Å². The fourth-order valence-corrected chi connectivity index (χ4v) is 4.32. The van der Waals surface area contributed by atoms with Crippen LogP contribution in [0.2, 0.25) is 10.0 Å². The number of aliphatic hydroxyl groups is 2. The number of rotatable bonds is 10. The van der Waals surface area contributed by atoms with Gasteiger partial charge in [-0.05, 0) is 36.4 Å². The molecule has 0 bridgehead atoms. The second-order valence-electron chi connectivity index (χ2n) is 6.41. The van der Waals surface area contributed by atoms with Crippen LogP contribution in [-0.4, -0.2) is 50.4 Å². The van der Waals surface area contributed by atoms with E-state index in [0.717, 1.165) is 0 Å². The number of aliphatic hydroxyl groups excluding tert-OH is 2. The molecule has 0 saturated carbocycles. The lowest BCUT2D eigenvalue weighted by Gasteiger charge is -2.14. The second kappa shape index (κ2) is 10.7. The van der Waals surface area contributed by atoms with Gasteiger partial charge in [0.1, 0.15) is 18.5 Å². The Hall–Kier alpha value is -1.22. The highest BCUT2D eigenvalue weighted by molar-refractivity contribution is 7.91. The molecular weight excluding hydrogens is 463 g/mol. The van der Waals surface area contributed by atoms with Crippen LogP contribution in [0, 0.1) is 5.92 Å². The fourth-order valence-electron chi connectivity index (χ4n) is 2.20. The average Bonchev–Trinajstić information content (AvgIpc) is 2.71. The van der Waals surface area contributed by atoms with E-state index in [1.54, 1.807) is 0 Å². The van der Waals surface area contributed by atoms with Gasteiger partial charge >= 0.3 is 0 Å². The quantitative estimate of drug-likeness (QED) is 0.499. The second-order valence-corrected chi connectivity index (χ2v) is 9.48. The standard InChI is InChI=1S/C19H21Cl3O6S/c1-12(8-20)10-28-19-17(21)6-16(7-18(19)22)29(25,26)15-4-2-14(3-5-15)27-11-13(24)9-23/h2-7,12-13,23-24H,8-11H2,1H3. The number of hydrogen-bond acceptors (Lipinski definition) is 6. The Morgan fingerprint density at radius 2 is 1.59 bits per heavy atom. The topological polar surface area (TPSA) is 93.1 Å². The molecule has 10 heteroatoms. The van der Waals surface area contributed by atoms with E-state index < -0.39 is 22.5 Å². The van der Waals surface area contributed by atoms with E-state index in [0.29, 0.717) is 18.2 Å². The van der Waals surface area contributed by atoms with Crippen molar-refractivity contribution >= 4 is 44.6 Å². The molecule has 0 fully saturated rings. The van der Waals surface area contributed by atoms with Crippen LogP contribution in [0.4, 0.5) is 0 Å². The summed E-state index contributed by atoms with van der Waals surface area (Å²) in [7, 11) is -3.88. The number of halogens is 3. The summed E-state index contributed by atoms with van der Waals surface area (Å²) < 4.78 is 36.6. The Kier molecular flexibility index (Phi) is 8.88. The van der Waals surface area contributed by atoms with Crippen LogP contribution in [0.5, 0.6) is 11.5 Å². The van der Waals surface area contributed by atoms with E-state index in [-0.39, 0.29) is 38.1 Å². The highest BCUT2D eigenvalue weighted by Gasteiger charge is 2.22. The van der Waals surface area contributed by atoms with Crippen molar-refractivity contribution in [3.63, 3.8) is 0 Å². The van der Waals surface area contributed by atoms with Gasteiger partial charge < -0.3 is 19.7 Å². The van der Waals surface area contributed by atoms with Gasteiger partial charge in [-0.25, -0.2) is 8.42 Å². The molecule has 0 aromatic heterocycles. The van der Waals surface area contributed by atoms with Crippen LogP contribution in [0.3, 0.4) is 0 Å². The molecule has 2 rings (SSSR count). The highest BCUT2D eigenvalue weighted by Crippen LogP contribution is 2.37. The van der Waals surface area contributed by atoms with Crippen molar-refractivity contribution in [3.8, 4) is 11.5 Å². The Morgan fingerprint density at radius 3 is 2.10 bits per heavy atom. The normalized spacial score (nSPS) is 13.7. The van der Waals surface area contributed by atoms with Crippen molar-refractivity contribution in [3.05, 3.63) is 46.4 Å². The first-order valence-corrected chi connectivity index (χ1v) is 11.4. The number of sulfone groups is 1. The van der Waals surface area contributed by atoms with Crippen molar-refractivity contribution in [1.82, 2.24) is 0 Å². The molecule has 160 valence electrons. The van der Waals surface area contributed by atoms with Crippen LogP contribution < -0.4 is 9.47 Å². The van der Waals surface area contributed by atoms with Gasteiger partial charge in [0, 0.05) is 11.8 Å². The van der Waals surface area contributed by atoms with Crippen molar-refractivity contribution < 1.29 is 28.1 Å². The Bertz CT molecular complexity index is 895. The molecule has 0 aliphatic heterocycles. The first-order chi connectivity index (χ1) is 13.7. The molecule has 2 aromatic rings. The van der Waals surface area contributed by atoms with Gasteiger partial charge in [0.25, 0.3) is 0 Å². The lowest BCUT2D eigenvalue weighted by atomic mass is 10.2. The Labute approximate surface area is 184 Å². The summed E-state index contributed by atoms with van der Waals surface area (Å²) in [6, 6.07) is 8.20. The summed E-state index contributed by atoms with van der Waals surface area (Å²) in [5.74, 6) is 1.03. The summed E-state index contributed by atoms with van der Waals surface area (Å²) >= 11 is 18.1. The molecule has 0 aliphatic rings. The molecule has 0 spiro atoms. The molecule has 0 amide bonds. The van der Waals surface area contributed by atoms with Gasteiger partial charge in [-0.3, -0.25) is 0 Å². The molecule has 2 atom stereocenters. The highest BCUT2D eigenvalue weighted by atomic mass is 35.5. The van der Waals surface area contributed by atoms with Crippen LogP contribution in [0.15, 0.2) is 46.2 Å². The minimum atomic E-state index is -3.88. The van der Waals surface area contributed by atoms with E-state index in [9.17, 15) is 13.5 Å². The molecule has 0 saturated heterocycles. The van der Waals surface area contributed by atoms with Gasteiger partial charge in [0.2, 0.25) is 9.84 Å². The fraction of sp³-hybridized carbons (Fsp3) is 0.368. The van der Waals surface area contributed by atoms with Gasteiger partial charge in [0.05, 0.1) is 33.0 Å². The average molecular weight is 484 g/mol. The Balaban J connectivity index is 2.22. The van der Waals surface area contributed by atoms with Crippen LogP contribution in [0.25, 0.3) is 0 Å². The molecule has 0 heterocycles. The maximum atomic E-state index is 12.9. The van der Waals surface area contributed by atoms with E-state index in [2.05, 4.69) is 0 Å². The molecule has 29 heavy (non-hydrogen) atoms. The summed E-state index contributed by atoms with van der Waals surface area (Å²) in [5, 5.41) is 18.2. The number of benzene rings is 2. The van der Waals surface area contributed by atoms with E-state index in [4.69, 9.17) is 49.4 Å². The van der Waals surface area contributed by atoms with Crippen LogP contribution in [-0.2, 0) is 9.84 Å². The molecule has 0 aliphatic carbocycles. The van der Waals surface area contributed by atoms with Crippen molar-refractivity contribution in [2.24, 2.45) is 5.92 Å². The van der Waals surface area contributed by atoms with E-state index >= 15 is 0 Å². The van der Waals surface area contributed by atoms with E-state index in [1.807, 2.05) is 6.92 Å². The van der Waals surface area contributed by atoms with Crippen molar-refractivity contribution in [2.75, 3.05) is 25.7 Å². The lowest BCUT2D eigenvalue weighted by Crippen LogP contribution is -2.21. The lowest BCUT2D eigenvalue weighted by molar-refractivity contribution is 0.0536. The van der Waals surface area contributed by atoms with Gasteiger partial charge in [-0.1, -0.05) is 30.1 Å². The first-order valence-electron chi connectivity index (χ1n) is 8.63. The SMILES string of the molecule is CC(CCl)COc1c(Cl)cc(S(=O)(=O)c2ccc(OCC(O)CO)cc2)cc1Cl. The third-order valence-electron chi connectivity index (χ3n) is 3.84.